The van der Waals surface area contributed by atoms with Gasteiger partial charge in [0.2, 0.25) is 10.0 Å². The van der Waals surface area contributed by atoms with Crippen LogP contribution in [-0.4, -0.2) is 40.4 Å². The van der Waals surface area contributed by atoms with Crippen molar-refractivity contribution in [2.45, 2.75) is 25.5 Å². The summed E-state index contributed by atoms with van der Waals surface area (Å²) in [6.07, 6.45) is 0.643. The van der Waals surface area contributed by atoms with Gasteiger partial charge in [0.25, 0.3) is 0 Å². The van der Waals surface area contributed by atoms with E-state index >= 15 is 0 Å². The molecule has 0 radical (unpaired) electrons. The van der Waals surface area contributed by atoms with Gasteiger partial charge >= 0.3 is 0 Å². The predicted molar refractivity (Wildman–Crippen MR) is 81.6 cm³/mol. The van der Waals surface area contributed by atoms with Crippen LogP contribution < -0.4 is 14.8 Å². The van der Waals surface area contributed by atoms with Gasteiger partial charge in [-0.1, -0.05) is 19.1 Å². The van der Waals surface area contributed by atoms with E-state index in [-0.39, 0.29) is 0 Å². The molecule has 1 atom stereocenters. The summed E-state index contributed by atoms with van der Waals surface area (Å²) in [5.74, 6) is 0.783. The van der Waals surface area contributed by atoms with E-state index in [0.29, 0.717) is 19.5 Å². The zero-order valence-corrected chi connectivity index (χ0v) is 13.2. The van der Waals surface area contributed by atoms with Crippen molar-refractivity contribution in [3.05, 3.63) is 29.8 Å². The van der Waals surface area contributed by atoms with Crippen LogP contribution in [0.2, 0.25) is 0 Å². The van der Waals surface area contributed by atoms with Crippen molar-refractivity contribution in [2.75, 3.05) is 26.7 Å². The molecule has 1 aromatic rings. The van der Waals surface area contributed by atoms with Gasteiger partial charge in [0.1, 0.15) is 5.75 Å². The summed E-state index contributed by atoms with van der Waals surface area (Å²) in [6, 6.07) is 7.64. The van der Waals surface area contributed by atoms with Gasteiger partial charge < -0.3 is 10.1 Å². The van der Waals surface area contributed by atoms with E-state index in [1.807, 2.05) is 31.2 Å². The van der Waals surface area contributed by atoms with Gasteiger partial charge in [-0.15, -0.1) is 0 Å². The molecule has 0 aliphatic carbocycles. The molecule has 1 unspecified atom stereocenters. The van der Waals surface area contributed by atoms with Crippen LogP contribution in [0, 0.1) is 0 Å². The molecule has 5 nitrogen and oxygen atoms in total. The summed E-state index contributed by atoms with van der Waals surface area (Å²) < 4.78 is 31.7. The molecular weight excluding hydrogens is 276 g/mol. The molecule has 0 aliphatic heterocycles. The highest BCUT2D eigenvalue weighted by molar-refractivity contribution is 7.90. The lowest BCUT2D eigenvalue weighted by molar-refractivity contribution is 0.414. The molecule has 0 bridgehead atoms. The van der Waals surface area contributed by atoms with Crippen molar-refractivity contribution in [1.82, 2.24) is 10.0 Å². The van der Waals surface area contributed by atoms with Crippen LogP contribution in [0.15, 0.2) is 24.3 Å². The summed E-state index contributed by atoms with van der Waals surface area (Å²) in [4.78, 5) is 0. The summed E-state index contributed by atoms with van der Waals surface area (Å²) >= 11 is 0. The van der Waals surface area contributed by atoms with Crippen LogP contribution in [0.1, 0.15) is 19.4 Å². The fourth-order valence-electron chi connectivity index (χ4n) is 1.77. The maximum atomic E-state index is 12.0. The van der Waals surface area contributed by atoms with Gasteiger partial charge in [-0.3, -0.25) is 0 Å². The van der Waals surface area contributed by atoms with Gasteiger partial charge in [-0.2, -0.15) is 0 Å². The molecule has 0 amide bonds. The average molecular weight is 300 g/mol. The normalized spacial score (nSPS) is 13.2. The van der Waals surface area contributed by atoms with E-state index in [1.54, 1.807) is 14.0 Å². The third kappa shape index (κ3) is 5.48. The minimum absolute atomic E-state index is 0.395. The Morgan fingerprint density at radius 2 is 2.10 bits per heavy atom. The highest BCUT2D eigenvalue weighted by Gasteiger charge is 2.19. The van der Waals surface area contributed by atoms with Gasteiger partial charge in [-0.25, -0.2) is 13.1 Å². The molecule has 0 heterocycles. The number of sulfonamides is 1. The predicted octanol–water partition coefficient (Wildman–Crippen LogP) is 1.16. The maximum Gasteiger partial charge on any atom is 0.215 e. The third-order valence-electron chi connectivity index (χ3n) is 3.06. The summed E-state index contributed by atoms with van der Waals surface area (Å²) in [5, 5.41) is 2.60. The Labute approximate surface area is 121 Å². The zero-order chi connectivity index (χ0) is 15.0. The van der Waals surface area contributed by atoms with Crippen molar-refractivity contribution >= 4 is 10.0 Å². The smallest absolute Gasteiger partial charge is 0.215 e. The Kier molecular flexibility index (Phi) is 6.98. The molecule has 0 spiro atoms. The van der Waals surface area contributed by atoms with E-state index in [4.69, 9.17) is 4.74 Å². The second-order valence-electron chi connectivity index (χ2n) is 4.66. The summed E-state index contributed by atoms with van der Waals surface area (Å²) in [5.41, 5.74) is 1.05. The number of benzene rings is 1. The molecular formula is C14H24N2O3S. The Morgan fingerprint density at radius 3 is 2.75 bits per heavy atom. The minimum atomic E-state index is -3.26. The van der Waals surface area contributed by atoms with Crippen LogP contribution in [0.4, 0.5) is 0 Å². The molecule has 0 saturated carbocycles. The number of hydrogen-bond acceptors (Lipinski definition) is 4. The molecule has 6 heteroatoms. The molecule has 0 fully saturated rings. The van der Waals surface area contributed by atoms with E-state index in [1.165, 1.54) is 0 Å². The van der Waals surface area contributed by atoms with E-state index in [0.717, 1.165) is 17.9 Å². The zero-order valence-electron chi connectivity index (χ0n) is 12.3. The molecule has 0 aliphatic rings. The Balaban J connectivity index is 2.46. The third-order valence-corrected chi connectivity index (χ3v) is 4.90. The summed E-state index contributed by atoms with van der Waals surface area (Å²) in [6.45, 7) is 5.28. The number of methoxy groups -OCH3 is 1. The average Bonchev–Trinajstić information content (AvgIpc) is 2.44. The lowest BCUT2D eigenvalue weighted by Gasteiger charge is -2.14. The van der Waals surface area contributed by atoms with Crippen LogP contribution in [0.3, 0.4) is 0 Å². The van der Waals surface area contributed by atoms with Crippen molar-refractivity contribution in [3.63, 3.8) is 0 Å². The topological polar surface area (TPSA) is 67.4 Å². The molecule has 0 aromatic heterocycles. The molecule has 20 heavy (non-hydrogen) atoms. The lowest BCUT2D eigenvalue weighted by Crippen LogP contribution is -2.39. The molecule has 114 valence electrons. The van der Waals surface area contributed by atoms with Crippen molar-refractivity contribution in [1.29, 1.82) is 0 Å². The largest absolute Gasteiger partial charge is 0.497 e. The summed E-state index contributed by atoms with van der Waals surface area (Å²) in [7, 11) is -1.65. The number of nitrogens with one attached hydrogen (secondary N) is 2. The molecule has 0 saturated heterocycles. The van der Waals surface area contributed by atoms with Crippen LogP contribution >= 0.6 is 0 Å². The first kappa shape index (κ1) is 16.9. The van der Waals surface area contributed by atoms with Crippen LogP contribution in [0.5, 0.6) is 5.75 Å². The van der Waals surface area contributed by atoms with Gasteiger partial charge in [0, 0.05) is 13.1 Å². The van der Waals surface area contributed by atoms with Gasteiger partial charge in [0.05, 0.1) is 12.4 Å². The molecule has 2 N–H and O–H groups in total. The fraction of sp³-hybridized carbons (Fsp3) is 0.571. The second kappa shape index (κ2) is 8.24. The highest BCUT2D eigenvalue weighted by atomic mass is 32.2. The second-order valence-corrected chi connectivity index (χ2v) is 6.84. The first-order chi connectivity index (χ1) is 9.49. The van der Waals surface area contributed by atoms with E-state index < -0.39 is 15.3 Å². The van der Waals surface area contributed by atoms with E-state index in [9.17, 15) is 8.42 Å². The Bertz CT molecular complexity index is 503. The lowest BCUT2D eigenvalue weighted by atomic mass is 10.1. The SMILES string of the molecule is CCNCC(C)S(=O)(=O)NCCc1cccc(OC)c1. The number of ether oxygens (including phenoxy) is 1. The number of rotatable bonds is 9. The highest BCUT2D eigenvalue weighted by Crippen LogP contribution is 2.12. The maximum absolute atomic E-state index is 12.0. The van der Waals surface area contributed by atoms with Gasteiger partial charge in [-0.05, 0) is 37.6 Å². The first-order valence-electron chi connectivity index (χ1n) is 6.81. The fourth-order valence-corrected chi connectivity index (χ4v) is 2.77. The Hall–Kier alpha value is -1.11. The standard InChI is InChI=1S/C14H24N2O3S/c1-4-15-11-12(2)20(17,18)16-9-8-13-6-5-7-14(10-13)19-3/h5-7,10,12,15-16H,4,8-9,11H2,1-3H3. The van der Waals surface area contributed by atoms with Crippen molar-refractivity contribution in [2.24, 2.45) is 0 Å². The Morgan fingerprint density at radius 1 is 1.35 bits per heavy atom. The molecule has 1 aromatic carbocycles. The van der Waals surface area contributed by atoms with Gasteiger partial charge in [0.15, 0.2) is 0 Å². The van der Waals surface area contributed by atoms with Crippen LogP contribution in [-0.2, 0) is 16.4 Å². The quantitative estimate of drug-likeness (QED) is 0.718. The minimum Gasteiger partial charge on any atom is -0.497 e. The number of hydrogen-bond donors (Lipinski definition) is 2. The van der Waals surface area contributed by atoms with Crippen molar-refractivity contribution < 1.29 is 13.2 Å². The van der Waals surface area contributed by atoms with E-state index in [2.05, 4.69) is 10.0 Å². The van der Waals surface area contributed by atoms with Crippen molar-refractivity contribution in [3.8, 4) is 5.75 Å². The van der Waals surface area contributed by atoms with Crippen LogP contribution in [0.25, 0.3) is 0 Å². The molecule has 1 rings (SSSR count). The first-order valence-corrected chi connectivity index (χ1v) is 8.36. The monoisotopic (exact) mass is 300 g/mol.